The molecule has 0 aromatic heterocycles. The Morgan fingerprint density at radius 3 is 2.59 bits per heavy atom. The zero-order valence-corrected chi connectivity index (χ0v) is 16.0. The molecule has 6 heteroatoms. The maximum Gasteiger partial charge on any atom is 0.416 e. The van der Waals surface area contributed by atoms with Gasteiger partial charge < -0.3 is 4.74 Å². The number of piperidine rings is 1. The molecule has 1 aromatic rings. The number of amides is 1. The Bertz CT molecular complexity index is 734. The SMILES string of the molecule is CC(C)(C)OC(=O)N1C2C=C(Cc3cccc(C(F)(F)F)c3)CC1CCC2. The van der Waals surface area contributed by atoms with Gasteiger partial charge in [-0.15, -0.1) is 0 Å². The molecule has 27 heavy (non-hydrogen) atoms. The summed E-state index contributed by atoms with van der Waals surface area (Å²) in [6.07, 6.45) is 1.40. The maximum absolute atomic E-state index is 12.9. The first-order valence-electron chi connectivity index (χ1n) is 9.40. The quantitative estimate of drug-likeness (QED) is 0.612. The summed E-state index contributed by atoms with van der Waals surface area (Å²) in [6.45, 7) is 5.54. The smallest absolute Gasteiger partial charge is 0.416 e. The van der Waals surface area contributed by atoms with Crippen molar-refractivity contribution in [3.8, 4) is 0 Å². The Morgan fingerprint density at radius 2 is 1.96 bits per heavy atom. The lowest BCUT2D eigenvalue weighted by Crippen LogP contribution is -2.53. The minimum absolute atomic E-state index is 0.0341. The second-order valence-corrected chi connectivity index (χ2v) is 8.44. The highest BCUT2D eigenvalue weighted by Crippen LogP contribution is 2.36. The number of benzene rings is 1. The van der Waals surface area contributed by atoms with E-state index in [1.807, 2.05) is 25.7 Å². The fourth-order valence-electron chi connectivity index (χ4n) is 3.97. The minimum atomic E-state index is -4.33. The van der Waals surface area contributed by atoms with E-state index in [0.717, 1.165) is 30.9 Å². The number of rotatable bonds is 2. The Kier molecular flexibility index (Phi) is 5.28. The summed E-state index contributed by atoms with van der Waals surface area (Å²) in [5.41, 5.74) is 0.587. The number of alkyl halides is 3. The molecule has 0 aliphatic carbocycles. The van der Waals surface area contributed by atoms with Crippen LogP contribution in [0.1, 0.15) is 57.6 Å². The second kappa shape index (κ2) is 7.21. The summed E-state index contributed by atoms with van der Waals surface area (Å²) in [7, 11) is 0. The van der Waals surface area contributed by atoms with Crippen molar-refractivity contribution in [2.75, 3.05) is 0 Å². The van der Waals surface area contributed by atoms with Crippen LogP contribution in [0.15, 0.2) is 35.9 Å². The molecule has 2 heterocycles. The van der Waals surface area contributed by atoms with Crippen molar-refractivity contribution in [3.05, 3.63) is 47.0 Å². The molecule has 1 aromatic carbocycles. The zero-order valence-electron chi connectivity index (χ0n) is 16.0. The number of carbonyl (C=O) groups is 1. The Balaban J connectivity index is 1.77. The highest BCUT2D eigenvalue weighted by Gasteiger charge is 2.39. The van der Waals surface area contributed by atoms with Crippen LogP contribution in [-0.4, -0.2) is 28.7 Å². The molecule has 0 radical (unpaired) electrons. The lowest BCUT2D eigenvalue weighted by Gasteiger charge is -2.45. The molecular weight excluding hydrogens is 355 g/mol. The highest BCUT2D eigenvalue weighted by atomic mass is 19.4. The van der Waals surface area contributed by atoms with Crippen molar-refractivity contribution in [2.45, 2.75) is 76.7 Å². The minimum Gasteiger partial charge on any atom is -0.444 e. The van der Waals surface area contributed by atoms with Gasteiger partial charge in [0, 0.05) is 6.04 Å². The Morgan fingerprint density at radius 1 is 1.22 bits per heavy atom. The van der Waals surface area contributed by atoms with Gasteiger partial charge in [0.05, 0.1) is 11.6 Å². The molecule has 2 unspecified atom stereocenters. The first kappa shape index (κ1) is 19.8. The summed E-state index contributed by atoms with van der Waals surface area (Å²) in [6, 6.07) is 5.52. The average Bonchev–Trinajstić information content (AvgIpc) is 2.51. The molecule has 2 aliphatic rings. The summed E-state index contributed by atoms with van der Waals surface area (Å²) in [5.74, 6) is 0. The van der Waals surface area contributed by atoms with Crippen LogP contribution in [0.3, 0.4) is 0 Å². The van der Waals surface area contributed by atoms with Gasteiger partial charge in [0.2, 0.25) is 0 Å². The molecule has 0 saturated carbocycles. The van der Waals surface area contributed by atoms with Crippen LogP contribution in [0.2, 0.25) is 0 Å². The summed E-state index contributed by atoms with van der Waals surface area (Å²) < 4.78 is 44.4. The number of hydrogen-bond acceptors (Lipinski definition) is 2. The topological polar surface area (TPSA) is 29.5 Å². The van der Waals surface area contributed by atoms with Crippen molar-refractivity contribution < 1.29 is 22.7 Å². The van der Waals surface area contributed by atoms with Crippen LogP contribution < -0.4 is 0 Å². The molecule has 1 saturated heterocycles. The molecule has 0 spiro atoms. The van der Waals surface area contributed by atoms with Crippen molar-refractivity contribution >= 4 is 6.09 Å². The first-order chi connectivity index (χ1) is 12.5. The monoisotopic (exact) mass is 381 g/mol. The van der Waals surface area contributed by atoms with E-state index in [0.29, 0.717) is 18.4 Å². The van der Waals surface area contributed by atoms with Gasteiger partial charge in [-0.2, -0.15) is 13.2 Å². The summed E-state index contributed by atoms with van der Waals surface area (Å²) in [5, 5.41) is 0. The molecule has 3 rings (SSSR count). The number of nitrogens with zero attached hydrogens (tertiary/aromatic N) is 1. The predicted molar refractivity (Wildman–Crippen MR) is 97.3 cm³/mol. The van der Waals surface area contributed by atoms with E-state index in [4.69, 9.17) is 4.74 Å². The van der Waals surface area contributed by atoms with E-state index in [2.05, 4.69) is 6.08 Å². The molecule has 3 nitrogen and oxygen atoms in total. The highest BCUT2D eigenvalue weighted by molar-refractivity contribution is 5.70. The van der Waals surface area contributed by atoms with Gasteiger partial charge in [-0.1, -0.05) is 29.8 Å². The molecule has 2 aliphatic heterocycles. The summed E-state index contributed by atoms with van der Waals surface area (Å²) >= 11 is 0. The largest absolute Gasteiger partial charge is 0.444 e. The van der Waals surface area contributed by atoms with Gasteiger partial charge in [0.1, 0.15) is 5.60 Å². The fourth-order valence-corrected chi connectivity index (χ4v) is 3.97. The number of fused-ring (bicyclic) bond motifs is 2. The zero-order chi connectivity index (χ0) is 19.8. The van der Waals surface area contributed by atoms with Crippen molar-refractivity contribution in [1.29, 1.82) is 0 Å². The second-order valence-electron chi connectivity index (χ2n) is 8.44. The van der Waals surface area contributed by atoms with E-state index in [1.54, 1.807) is 6.07 Å². The van der Waals surface area contributed by atoms with E-state index < -0.39 is 17.3 Å². The number of hydrogen-bond donors (Lipinski definition) is 0. The first-order valence-corrected chi connectivity index (χ1v) is 9.40. The van der Waals surface area contributed by atoms with Crippen LogP contribution in [0.5, 0.6) is 0 Å². The van der Waals surface area contributed by atoms with Crippen LogP contribution in [0.4, 0.5) is 18.0 Å². The molecule has 2 atom stereocenters. The standard InChI is InChI=1S/C21H26F3NO2/c1-20(2,3)27-19(26)25-17-8-5-9-18(25)13-15(12-17)10-14-6-4-7-16(11-14)21(22,23)24/h4,6-7,11-12,17-18H,5,8-10,13H2,1-3H3. The van der Waals surface area contributed by atoms with E-state index in [-0.39, 0.29) is 18.2 Å². The van der Waals surface area contributed by atoms with Gasteiger partial charge in [0.15, 0.2) is 0 Å². The third-order valence-electron chi connectivity index (χ3n) is 5.00. The van der Waals surface area contributed by atoms with Crippen LogP contribution in [0, 0.1) is 0 Å². The molecule has 2 bridgehead atoms. The summed E-state index contributed by atoms with van der Waals surface area (Å²) in [4.78, 5) is 14.4. The molecule has 1 amide bonds. The maximum atomic E-state index is 12.9. The number of carbonyl (C=O) groups excluding carboxylic acids is 1. The lowest BCUT2D eigenvalue weighted by molar-refractivity contribution is -0.137. The van der Waals surface area contributed by atoms with Crippen molar-refractivity contribution in [3.63, 3.8) is 0 Å². The normalized spacial score (nSPS) is 23.0. The predicted octanol–water partition coefficient (Wildman–Crippen LogP) is 5.74. The van der Waals surface area contributed by atoms with Gasteiger partial charge in [-0.05, 0) is 64.5 Å². The van der Waals surface area contributed by atoms with Crippen molar-refractivity contribution in [2.24, 2.45) is 0 Å². The molecule has 0 N–H and O–H groups in total. The van der Waals surface area contributed by atoms with E-state index in [9.17, 15) is 18.0 Å². The third kappa shape index (κ3) is 4.85. The number of ether oxygens (including phenoxy) is 1. The third-order valence-corrected chi connectivity index (χ3v) is 5.00. The number of halogens is 3. The van der Waals surface area contributed by atoms with Crippen molar-refractivity contribution in [1.82, 2.24) is 4.90 Å². The van der Waals surface area contributed by atoms with E-state index in [1.165, 1.54) is 12.1 Å². The molecule has 148 valence electrons. The molecular formula is C21H26F3NO2. The Hall–Kier alpha value is -1.98. The van der Waals surface area contributed by atoms with Gasteiger partial charge in [0.25, 0.3) is 0 Å². The van der Waals surface area contributed by atoms with E-state index >= 15 is 0 Å². The van der Waals surface area contributed by atoms with Crippen LogP contribution in [0.25, 0.3) is 0 Å². The average molecular weight is 381 g/mol. The Labute approximate surface area is 158 Å². The fraction of sp³-hybridized carbons (Fsp3) is 0.571. The van der Waals surface area contributed by atoms with Gasteiger partial charge >= 0.3 is 12.3 Å². The van der Waals surface area contributed by atoms with Crippen LogP contribution in [-0.2, 0) is 17.3 Å². The molecule has 1 fully saturated rings. The van der Waals surface area contributed by atoms with Gasteiger partial charge in [-0.25, -0.2) is 4.79 Å². The van der Waals surface area contributed by atoms with Crippen LogP contribution >= 0.6 is 0 Å². The lowest BCUT2D eigenvalue weighted by atomic mass is 9.83. The van der Waals surface area contributed by atoms with Gasteiger partial charge in [-0.3, -0.25) is 4.90 Å².